The third-order valence-corrected chi connectivity index (χ3v) is 26.6. The summed E-state index contributed by atoms with van der Waals surface area (Å²) in [5, 5.41) is 30.6. The number of benzene rings is 14. The number of nitrogens with zero attached hydrogens (tertiary/aromatic N) is 7. The van der Waals surface area contributed by atoms with Gasteiger partial charge < -0.3 is 27.4 Å². The summed E-state index contributed by atoms with van der Waals surface area (Å²) >= 11 is 0. The number of anilines is 6. The standard InChI is InChI=1S/C57H55N3.C55H48N4/c1-33(2)34-17-20-39(21-18-34)58(38-15-13-12-14-16-38)40-22-23-41-45-26-36(56(6,7)8)28-47-44-31-51-43(32-52(44)60(53(45)47)50(41)30-40)48-29-37(57(9,10)11)27-46-42-25-35(55(3,4)5)19-24-49(42)59(51)54(46)48;1-53(2,3)33-17-22-47-40(23-33)44-25-35(55(7,8)9)27-46-41-30-50-42(29-49(41)58(47)52(44)46)45-26-34(54(4,5)6)24-43-39-21-20-38(28-48(39)59(50)51(43)45)57(36-13-11-10-12-14-36)37-18-15-32(31-56)16-19-37/h12-33H,1-11H3;10-30H,1-9H3. The van der Waals surface area contributed by atoms with Gasteiger partial charge in [0.25, 0.3) is 0 Å². The molecule has 0 amide bonds. The normalized spacial score (nSPS) is 13.3. The Morgan fingerprint density at radius 1 is 0.227 bits per heavy atom. The summed E-state index contributed by atoms with van der Waals surface area (Å²) in [5.74, 6) is 0.474. The molecular weight excluding hydrogens is 1440 g/mol. The van der Waals surface area contributed by atoms with Crippen LogP contribution in [0.25, 0.3) is 152 Å². The van der Waals surface area contributed by atoms with Crippen LogP contribution in [0, 0.1) is 11.3 Å². The fourth-order valence-electron chi connectivity index (χ4n) is 19.8. The highest BCUT2D eigenvalue weighted by atomic mass is 15.2. The Hall–Kier alpha value is -12.6. The van der Waals surface area contributed by atoms with E-state index >= 15 is 0 Å². The summed E-state index contributed by atoms with van der Waals surface area (Å²) < 4.78 is 10.3. The Kier molecular flexibility index (Phi) is 15.7. The molecule has 22 aromatic rings. The van der Waals surface area contributed by atoms with Gasteiger partial charge in [0.2, 0.25) is 0 Å². The van der Waals surface area contributed by atoms with Crippen LogP contribution in [0.15, 0.2) is 255 Å². The number of fused-ring (bicyclic) bond motifs is 24. The predicted molar refractivity (Wildman–Crippen MR) is 512 cm³/mol. The van der Waals surface area contributed by atoms with Gasteiger partial charge in [0.05, 0.1) is 77.8 Å². The van der Waals surface area contributed by atoms with Gasteiger partial charge in [-0.3, -0.25) is 0 Å². The zero-order valence-corrected chi connectivity index (χ0v) is 72.5. The van der Waals surface area contributed by atoms with Gasteiger partial charge in [-0.05, 0) is 259 Å². The van der Waals surface area contributed by atoms with Crippen molar-refractivity contribution in [1.82, 2.24) is 17.6 Å². The lowest BCUT2D eigenvalue weighted by Crippen LogP contribution is -2.11. The van der Waals surface area contributed by atoms with Crippen molar-refractivity contribution in [3.63, 3.8) is 0 Å². The second kappa shape index (κ2) is 25.2. The molecule has 0 radical (unpaired) electrons. The van der Waals surface area contributed by atoms with Crippen molar-refractivity contribution in [2.75, 3.05) is 9.80 Å². The van der Waals surface area contributed by atoms with E-state index in [4.69, 9.17) is 0 Å². The van der Waals surface area contributed by atoms with Gasteiger partial charge in [0, 0.05) is 120 Å². The Morgan fingerprint density at radius 3 is 0.756 bits per heavy atom. The Labute approximate surface area is 696 Å². The Morgan fingerprint density at radius 2 is 0.471 bits per heavy atom. The molecule has 8 aromatic heterocycles. The molecule has 0 aliphatic carbocycles. The number of aromatic nitrogens is 4. The van der Waals surface area contributed by atoms with E-state index in [1.807, 2.05) is 24.3 Å². The first kappa shape index (κ1) is 74.0. The minimum Gasteiger partial charge on any atom is -0.310 e. The van der Waals surface area contributed by atoms with Crippen LogP contribution in [-0.4, -0.2) is 17.6 Å². The summed E-state index contributed by atoms with van der Waals surface area (Å²) in [6, 6.07) is 98.9. The van der Waals surface area contributed by atoms with Crippen molar-refractivity contribution in [1.29, 1.82) is 5.26 Å². The Bertz CT molecular complexity index is 7960. The first-order valence-corrected chi connectivity index (χ1v) is 42.8. The zero-order chi connectivity index (χ0) is 82.7. The molecule has 22 rings (SSSR count). The average Bonchev–Trinajstić information content (AvgIpc) is 1.52. The van der Waals surface area contributed by atoms with Gasteiger partial charge >= 0.3 is 0 Å². The number of hydrogen-bond acceptors (Lipinski definition) is 3. The molecule has 7 nitrogen and oxygen atoms in total. The van der Waals surface area contributed by atoms with Crippen LogP contribution >= 0.6 is 0 Å². The van der Waals surface area contributed by atoms with Crippen LogP contribution in [0.4, 0.5) is 34.1 Å². The van der Waals surface area contributed by atoms with Gasteiger partial charge in [-0.2, -0.15) is 5.26 Å². The Balaban J connectivity index is 0.000000148. The number of rotatable bonds is 7. The molecular formula is C112H103N7. The third kappa shape index (κ3) is 11.2. The van der Waals surface area contributed by atoms with Gasteiger partial charge in [-0.1, -0.05) is 211 Å². The first-order chi connectivity index (χ1) is 56.6. The maximum Gasteiger partial charge on any atom is 0.0991 e. The lowest BCUT2D eigenvalue weighted by molar-refractivity contribution is 0.590. The number of nitriles is 1. The van der Waals surface area contributed by atoms with Crippen molar-refractivity contribution < 1.29 is 0 Å². The second-order valence-electron chi connectivity index (χ2n) is 40.9. The minimum atomic E-state index is -0.0363. The van der Waals surface area contributed by atoms with Crippen molar-refractivity contribution in [2.24, 2.45) is 0 Å². The SMILES string of the molecule is CC(C)(C)c1ccc2c(c1)c1cc(C(C)(C)C)cc3c4cc5c(cc4n2c13)c1cc(C(C)(C)C)cc2c3ccc(N(c4ccccc4)c4ccc(C#N)cc4)cc3n5c21.CC(C)c1ccc(N(c2ccccc2)c2ccc3c4cc(C(C)(C)C)cc5c6cc7c(cc6n(c3c2)c45)c2cc(C(C)(C)C)cc3c4cc(C(C)(C)C)ccc4n7c32)cc1. The molecule has 0 atom stereocenters. The summed E-state index contributed by atoms with van der Waals surface area (Å²) in [7, 11) is 0. The molecule has 119 heavy (non-hydrogen) atoms. The van der Waals surface area contributed by atoms with Gasteiger partial charge in [-0.25, -0.2) is 0 Å². The molecule has 8 heterocycles. The van der Waals surface area contributed by atoms with E-state index in [0.29, 0.717) is 11.5 Å². The smallest absolute Gasteiger partial charge is 0.0991 e. The molecule has 586 valence electrons. The van der Waals surface area contributed by atoms with Crippen molar-refractivity contribution in [3.8, 4) is 6.07 Å². The zero-order valence-electron chi connectivity index (χ0n) is 72.5. The first-order valence-electron chi connectivity index (χ1n) is 42.8. The summed E-state index contributed by atoms with van der Waals surface area (Å²) in [4.78, 5) is 4.70. The van der Waals surface area contributed by atoms with Crippen LogP contribution in [0.1, 0.15) is 189 Å². The quantitative estimate of drug-likeness (QED) is 0.160. The molecule has 0 aliphatic rings. The third-order valence-electron chi connectivity index (χ3n) is 26.6. The lowest BCUT2D eigenvalue weighted by Gasteiger charge is -2.26. The molecule has 0 saturated heterocycles. The molecule has 0 spiro atoms. The molecule has 0 fully saturated rings. The molecule has 14 aromatic carbocycles. The van der Waals surface area contributed by atoms with E-state index < -0.39 is 0 Å². The van der Waals surface area contributed by atoms with Crippen LogP contribution in [-0.2, 0) is 32.5 Å². The van der Waals surface area contributed by atoms with Crippen LogP contribution in [0.2, 0.25) is 0 Å². The van der Waals surface area contributed by atoms with Crippen molar-refractivity contribution in [2.45, 2.75) is 177 Å². The van der Waals surface area contributed by atoms with E-state index in [2.05, 4.69) is 402 Å². The highest BCUT2D eigenvalue weighted by Gasteiger charge is 2.32. The van der Waals surface area contributed by atoms with E-state index in [-0.39, 0.29) is 32.5 Å². The predicted octanol–water partition coefficient (Wildman–Crippen LogP) is 31.7. The minimum absolute atomic E-state index is 0.00123. The molecule has 7 heteroatoms. The molecule has 0 bridgehead atoms. The number of para-hydroxylation sites is 2. The average molecular weight is 1550 g/mol. The van der Waals surface area contributed by atoms with Gasteiger partial charge in [0.15, 0.2) is 0 Å². The van der Waals surface area contributed by atoms with Crippen LogP contribution in [0.3, 0.4) is 0 Å². The van der Waals surface area contributed by atoms with E-state index in [0.717, 1.165) is 34.1 Å². The maximum atomic E-state index is 9.60. The van der Waals surface area contributed by atoms with Crippen LogP contribution in [0.5, 0.6) is 0 Å². The fraction of sp³-hybridized carbons (Fsp3) is 0.241. The summed E-state index contributed by atoms with van der Waals surface area (Å²) in [6.45, 7) is 46.5. The molecule has 0 saturated carbocycles. The topological polar surface area (TPSA) is 47.9 Å². The molecule has 0 N–H and O–H groups in total. The fourth-order valence-corrected chi connectivity index (χ4v) is 19.8. The summed E-state index contributed by atoms with van der Waals surface area (Å²) in [5.41, 5.74) is 32.0. The second-order valence-corrected chi connectivity index (χ2v) is 40.9. The van der Waals surface area contributed by atoms with Crippen molar-refractivity contribution in [3.05, 3.63) is 299 Å². The van der Waals surface area contributed by atoms with E-state index in [1.54, 1.807) is 0 Å². The molecule has 0 aliphatic heterocycles. The van der Waals surface area contributed by atoms with Gasteiger partial charge in [-0.15, -0.1) is 0 Å². The lowest BCUT2D eigenvalue weighted by atomic mass is 9.84. The molecule has 0 unspecified atom stereocenters. The highest BCUT2D eigenvalue weighted by Crippen LogP contribution is 2.53. The van der Waals surface area contributed by atoms with Crippen molar-refractivity contribution >= 4 is 187 Å². The highest BCUT2D eigenvalue weighted by molar-refractivity contribution is 6.32. The van der Waals surface area contributed by atoms with E-state index in [1.165, 1.54) is 191 Å². The van der Waals surface area contributed by atoms with Gasteiger partial charge in [0.1, 0.15) is 0 Å². The van der Waals surface area contributed by atoms with Crippen LogP contribution < -0.4 is 9.80 Å². The van der Waals surface area contributed by atoms with E-state index in [9.17, 15) is 5.26 Å². The largest absolute Gasteiger partial charge is 0.310 e. The summed E-state index contributed by atoms with van der Waals surface area (Å²) in [6.07, 6.45) is 0. The number of hydrogen-bond donors (Lipinski definition) is 0. The monoisotopic (exact) mass is 1550 g/mol. The maximum absolute atomic E-state index is 9.60.